The number of imide groups is 1. The van der Waals surface area contributed by atoms with Crippen LogP contribution in [0.2, 0.25) is 0 Å². The molecule has 3 rings (SSSR count). The molecule has 0 N–H and O–H groups in total. The first-order chi connectivity index (χ1) is 12.5. The fraction of sp³-hybridized carbons (Fsp3) is 0.111. The molecule has 1 fully saturated rings. The van der Waals surface area contributed by atoms with Gasteiger partial charge in [0.1, 0.15) is 5.75 Å². The molecule has 0 aromatic heterocycles. The van der Waals surface area contributed by atoms with E-state index in [0.29, 0.717) is 11.3 Å². The number of benzene rings is 2. The number of carbonyl (C=O) groups excluding carboxylic acids is 2. The Balaban J connectivity index is 1.90. The van der Waals surface area contributed by atoms with Crippen molar-refractivity contribution in [2.45, 2.75) is 6.54 Å². The molecule has 0 radical (unpaired) electrons. The molecule has 26 heavy (non-hydrogen) atoms. The Morgan fingerprint density at radius 1 is 1.19 bits per heavy atom. The number of amides is 2. The third-order valence-corrected chi connectivity index (χ3v) is 4.68. The summed E-state index contributed by atoms with van der Waals surface area (Å²) in [7, 11) is 1.43. The van der Waals surface area contributed by atoms with Crippen LogP contribution in [0.25, 0.3) is 6.08 Å². The van der Waals surface area contributed by atoms with Crippen LogP contribution in [0.3, 0.4) is 0 Å². The van der Waals surface area contributed by atoms with E-state index in [4.69, 9.17) is 4.74 Å². The normalized spacial score (nSPS) is 15.6. The molecule has 1 aliphatic heterocycles. The van der Waals surface area contributed by atoms with Gasteiger partial charge in [-0.05, 0) is 29.5 Å². The SMILES string of the molecule is COc1ccc([N+](=O)[O-])cc1/C=C1/SC(=O)N(Cc2ccccc2)C1=O. The first kappa shape index (κ1) is 17.7. The molecule has 0 unspecified atom stereocenters. The molecular weight excluding hydrogens is 356 g/mol. The Hall–Kier alpha value is -3.13. The number of rotatable bonds is 5. The molecule has 8 heteroatoms. The summed E-state index contributed by atoms with van der Waals surface area (Å²) < 4.78 is 5.19. The maximum absolute atomic E-state index is 12.6. The highest BCUT2D eigenvalue weighted by Crippen LogP contribution is 2.35. The van der Waals surface area contributed by atoms with Gasteiger partial charge in [0.2, 0.25) is 0 Å². The summed E-state index contributed by atoms with van der Waals surface area (Å²) in [6, 6.07) is 13.3. The van der Waals surface area contributed by atoms with E-state index < -0.39 is 10.8 Å². The number of ether oxygens (including phenoxy) is 1. The van der Waals surface area contributed by atoms with Gasteiger partial charge in [0.25, 0.3) is 16.8 Å². The number of nitrogens with zero attached hydrogens (tertiary/aromatic N) is 2. The molecule has 0 spiro atoms. The number of carbonyl (C=O) groups is 2. The van der Waals surface area contributed by atoms with Crippen molar-refractivity contribution in [3.05, 3.63) is 74.7 Å². The van der Waals surface area contributed by atoms with Crippen molar-refractivity contribution in [3.8, 4) is 5.75 Å². The van der Waals surface area contributed by atoms with Gasteiger partial charge in [0.15, 0.2) is 0 Å². The lowest BCUT2D eigenvalue weighted by molar-refractivity contribution is -0.384. The third kappa shape index (κ3) is 3.60. The van der Waals surface area contributed by atoms with Crippen LogP contribution in [0.5, 0.6) is 5.75 Å². The molecule has 132 valence electrons. The average molecular weight is 370 g/mol. The van der Waals surface area contributed by atoms with E-state index in [0.717, 1.165) is 22.2 Å². The maximum atomic E-state index is 12.6. The van der Waals surface area contributed by atoms with Crippen molar-refractivity contribution >= 4 is 34.7 Å². The van der Waals surface area contributed by atoms with E-state index >= 15 is 0 Å². The van der Waals surface area contributed by atoms with E-state index in [2.05, 4.69) is 0 Å². The van der Waals surface area contributed by atoms with Gasteiger partial charge in [0, 0.05) is 17.7 Å². The van der Waals surface area contributed by atoms with Crippen molar-refractivity contribution in [2.24, 2.45) is 0 Å². The molecule has 0 atom stereocenters. The van der Waals surface area contributed by atoms with Crippen LogP contribution in [-0.2, 0) is 11.3 Å². The second-order valence-corrected chi connectivity index (χ2v) is 6.43. The van der Waals surface area contributed by atoms with Crippen molar-refractivity contribution < 1.29 is 19.2 Å². The summed E-state index contributed by atoms with van der Waals surface area (Å²) in [5, 5.41) is 10.6. The quantitative estimate of drug-likeness (QED) is 0.451. The zero-order valence-electron chi connectivity index (χ0n) is 13.7. The third-order valence-electron chi connectivity index (χ3n) is 3.77. The molecule has 2 aromatic rings. The zero-order valence-corrected chi connectivity index (χ0v) is 14.6. The van der Waals surface area contributed by atoms with Gasteiger partial charge in [-0.3, -0.25) is 24.6 Å². The Labute approximate surface area is 153 Å². The second-order valence-electron chi connectivity index (χ2n) is 5.44. The Kier molecular flexibility index (Phi) is 5.04. The molecule has 0 saturated carbocycles. The molecule has 2 aromatic carbocycles. The summed E-state index contributed by atoms with van der Waals surface area (Å²) in [6.07, 6.45) is 1.45. The highest BCUT2D eigenvalue weighted by atomic mass is 32.2. The topological polar surface area (TPSA) is 89.8 Å². The molecule has 1 heterocycles. The van der Waals surface area contributed by atoms with E-state index in [9.17, 15) is 19.7 Å². The van der Waals surface area contributed by atoms with E-state index in [-0.39, 0.29) is 22.4 Å². The summed E-state index contributed by atoms with van der Waals surface area (Å²) in [5.41, 5.74) is 1.08. The van der Waals surface area contributed by atoms with Crippen LogP contribution in [0.15, 0.2) is 53.4 Å². The average Bonchev–Trinajstić information content (AvgIpc) is 2.90. The summed E-state index contributed by atoms with van der Waals surface area (Å²) in [4.78, 5) is 36.6. The lowest BCUT2D eigenvalue weighted by atomic mass is 10.1. The van der Waals surface area contributed by atoms with Crippen molar-refractivity contribution in [1.29, 1.82) is 0 Å². The summed E-state index contributed by atoms with van der Waals surface area (Å²) in [6.45, 7) is 0.176. The Morgan fingerprint density at radius 2 is 1.92 bits per heavy atom. The molecule has 0 aliphatic carbocycles. The lowest BCUT2D eigenvalue weighted by Gasteiger charge is -2.12. The summed E-state index contributed by atoms with van der Waals surface area (Å²) >= 11 is 0.802. The van der Waals surface area contributed by atoms with Crippen LogP contribution in [0.4, 0.5) is 10.5 Å². The number of hydrogen-bond acceptors (Lipinski definition) is 6. The van der Waals surface area contributed by atoms with Crippen LogP contribution in [0.1, 0.15) is 11.1 Å². The Bertz CT molecular complexity index is 911. The van der Waals surface area contributed by atoms with Crippen LogP contribution in [-0.4, -0.2) is 28.1 Å². The minimum absolute atomic E-state index is 0.124. The predicted octanol–water partition coefficient (Wildman–Crippen LogP) is 3.84. The van der Waals surface area contributed by atoms with Crippen molar-refractivity contribution in [1.82, 2.24) is 4.90 Å². The number of hydrogen-bond donors (Lipinski definition) is 0. The van der Waals surface area contributed by atoms with E-state index in [1.807, 2.05) is 30.3 Å². The largest absolute Gasteiger partial charge is 0.496 e. The molecule has 7 nitrogen and oxygen atoms in total. The fourth-order valence-corrected chi connectivity index (χ4v) is 3.32. The van der Waals surface area contributed by atoms with Crippen LogP contribution in [0, 0.1) is 10.1 Å². The lowest BCUT2D eigenvalue weighted by Crippen LogP contribution is -2.27. The Morgan fingerprint density at radius 3 is 2.58 bits per heavy atom. The number of nitro benzene ring substituents is 1. The predicted molar refractivity (Wildman–Crippen MR) is 97.6 cm³/mol. The van der Waals surface area contributed by atoms with Gasteiger partial charge in [-0.1, -0.05) is 30.3 Å². The maximum Gasteiger partial charge on any atom is 0.293 e. The van der Waals surface area contributed by atoms with Gasteiger partial charge in [-0.15, -0.1) is 0 Å². The molecule has 2 amide bonds. The minimum Gasteiger partial charge on any atom is -0.496 e. The highest BCUT2D eigenvalue weighted by molar-refractivity contribution is 8.18. The molecular formula is C18H14N2O5S. The smallest absolute Gasteiger partial charge is 0.293 e. The molecule has 0 bridgehead atoms. The van der Waals surface area contributed by atoms with E-state index in [1.165, 1.54) is 31.4 Å². The zero-order chi connectivity index (χ0) is 18.7. The summed E-state index contributed by atoms with van der Waals surface area (Å²) in [5.74, 6) is -0.0529. The molecule has 1 saturated heterocycles. The van der Waals surface area contributed by atoms with Gasteiger partial charge >= 0.3 is 0 Å². The minimum atomic E-state index is -0.530. The van der Waals surface area contributed by atoms with Crippen LogP contribution < -0.4 is 4.74 Å². The fourth-order valence-electron chi connectivity index (χ4n) is 2.49. The van der Waals surface area contributed by atoms with Gasteiger partial charge in [-0.2, -0.15) is 0 Å². The first-order valence-corrected chi connectivity index (χ1v) is 8.43. The standard InChI is InChI=1S/C18H14N2O5S/c1-25-15-8-7-14(20(23)24)9-13(15)10-16-17(21)19(18(22)26-16)11-12-5-3-2-4-6-12/h2-10H,11H2,1H3/b16-10+. The van der Waals surface area contributed by atoms with Crippen molar-refractivity contribution in [2.75, 3.05) is 7.11 Å². The highest BCUT2D eigenvalue weighted by Gasteiger charge is 2.35. The number of methoxy groups -OCH3 is 1. The number of nitro groups is 1. The van der Waals surface area contributed by atoms with Gasteiger partial charge in [-0.25, -0.2) is 0 Å². The van der Waals surface area contributed by atoms with Gasteiger partial charge < -0.3 is 4.74 Å². The molecule has 1 aliphatic rings. The number of thioether (sulfide) groups is 1. The van der Waals surface area contributed by atoms with E-state index in [1.54, 1.807) is 0 Å². The monoisotopic (exact) mass is 370 g/mol. The number of non-ortho nitro benzene ring substituents is 1. The van der Waals surface area contributed by atoms with Gasteiger partial charge in [0.05, 0.1) is 23.5 Å². The second kappa shape index (κ2) is 7.40. The van der Waals surface area contributed by atoms with Crippen LogP contribution >= 0.6 is 11.8 Å². The van der Waals surface area contributed by atoms with Crippen molar-refractivity contribution in [3.63, 3.8) is 0 Å². The first-order valence-electron chi connectivity index (χ1n) is 7.61.